The molecule has 1 heterocycles. The van der Waals surface area contributed by atoms with E-state index in [-0.39, 0.29) is 5.91 Å². The maximum Gasteiger partial charge on any atom is 0.248 e. The monoisotopic (exact) mass is 136 g/mol. The second-order valence-corrected chi connectivity index (χ2v) is 1.94. The Hall–Kier alpha value is -1.38. The molecule has 3 heteroatoms. The van der Waals surface area contributed by atoms with E-state index in [9.17, 15) is 4.79 Å². The fourth-order valence-corrected chi connectivity index (χ4v) is 0.718. The van der Waals surface area contributed by atoms with Crippen molar-refractivity contribution in [1.82, 2.24) is 5.32 Å². The molecule has 1 aliphatic rings. The van der Waals surface area contributed by atoms with E-state index in [2.05, 4.69) is 5.32 Å². The van der Waals surface area contributed by atoms with Crippen LogP contribution in [0.5, 0.6) is 0 Å². The molecular formula is C7H8N2O. The van der Waals surface area contributed by atoms with Crippen LogP contribution >= 0.6 is 0 Å². The molecule has 2 N–H and O–H groups in total. The van der Waals surface area contributed by atoms with Crippen LogP contribution in [0.4, 0.5) is 0 Å². The normalized spacial score (nSPS) is 21.5. The maximum absolute atomic E-state index is 10.6. The Bertz CT molecular complexity index is 238. The van der Waals surface area contributed by atoms with Crippen LogP contribution in [0.25, 0.3) is 0 Å². The number of carbonyl (C=O) groups is 1. The molecule has 52 valence electrons. The Labute approximate surface area is 58.9 Å². The first kappa shape index (κ1) is 6.74. The van der Waals surface area contributed by atoms with Crippen molar-refractivity contribution in [2.24, 2.45) is 0 Å². The minimum Gasteiger partial charge on any atom is -0.321 e. The number of hydrogen-bond donors (Lipinski definition) is 2. The standard InChI is InChI=1S/C7H8N2O/c1-2-6-5(8)3-4-7(10)9-6/h2-4,8H,1H3,(H,9,10)/b6-2+,8-5?. The summed E-state index contributed by atoms with van der Waals surface area (Å²) in [7, 11) is 0. The van der Waals surface area contributed by atoms with Crippen LogP contribution in [0.2, 0.25) is 0 Å². The molecule has 1 aliphatic heterocycles. The Morgan fingerprint density at radius 2 is 2.30 bits per heavy atom. The van der Waals surface area contributed by atoms with Gasteiger partial charge in [0.25, 0.3) is 0 Å². The zero-order valence-electron chi connectivity index (χ0n) is 5.64. The van der Waals surface area contributed by atoms with Gasteiger partial charge < -0.3 is 5.32 Å². The van der Waals surface area contributed by atoms with Crippen LogP contribution in [-0.4, -0.2) is 11.6 Å². The van der Waals surface area contributed by atoms with E-state index in [4.69, 9.17) is 5.41 Å². The summed E-state index contributed by atoms with van der Waals surface area (Å²) in [5.41, 5.74) is 0.926. The molecule has 0 bridgehead atoms. The Morgan fingerprint density at radius 3 is 2.80 bits per heavy atom. The smallest absolute Gasteiger partial charge is 0.248 e. The van der Waals surface area contributed by atoms with E-state index in [1.54, 1.807) is 13.0 Å². The molecule has 0 fully saturated rings. The lowest BCUT2D eigenvalue weighted by Crippen LogP contribution is -2.28. The molecular weight excluding hydrogens is 128 g/mol. The summed E-state index contributed by atoms with van der Waals surface area (Å²) in [6, 6.07) is 0. The van der Waals surface area contributed by atoms with Crippen molar-refractivity contribution in [3.63, 3.8) is 0 Å². The van der Waals surface area contributed by atoms with E-state index in [1.165, 1.54) is 12.2 Å². The van der Waals surface area contributed by atoms with Crippen LogP contribution in [0, 0.1) is 5.41 Å². The fourth-order valence-electron chi connectivity index (χ4n) is 0.718. The van der Waals surface area contributed by atoms with E-state index >= 15 is 0 Å². The minimum atomic E-state index is -0.163. The van der Waals surface area contributed by atoms with Crippen molar-refractivity contribution in [2.45, 2.75) is 6.92 Å². The maximum atomic E-state index is 10.6. The molecule has 0 aromatic heterocycles. The van der Waals surface area contributed by atoms with Gasteiger partial charge in [-0.1, -0.05) is 6.08 Å². The average molecular weight is 136 g/mol. The van der Waals surface area contributed by atoms with Gasteiger partial charge in [0.05, 0.1) is 11.4 Å². The molecule has 3 nitrogen and oxygen atoms in total. The highest BCUT2D eigenvalue weighted by molar-refractivity contribution is 6.14. The summed E-state index contributed by atoms with van der Waals surface area (Å²) < 4.78 is 0. The lowest BCUT2D eigenvalue weighted by Gasteiger charge is -2.09. The Kier molecular flexibility index (Phi) is 1.67. The predicted molar refractivity (Wildman–Crippen MR) is 38.8 cm³/mol. The molecule has 0 spiro atoms. The van der Waals surface area contributed by atoms with Gasteiger partial charge in [-0.05, 0) is 13.0 Å². The van der Waals surface area contributed by atoms with Crippen LogP contribution in [0.1, 0.15) is 6.92 Å². The van der Waals surface area contributed by atoms with Gasteiger partial charge in [-0.2, -0.15) is 0 Å². The Balaban J connectivity index is 2.92. The van der Waals surface area contributed by atoms with E-state index in [0.29, 0.717) is 11.4 Å². The third-order valence-electron chi connectivity index (χ3n) is 1.24. The zero-order chi connectivity index (χ0) is 7.56. The molecule has 10 heavy (non-hydrogen) atoms. The molecule has 0 aromatic carbocycles. The second-order valence-electron chi connectivity index (χ2n) is 1.94. The highest BCUT2D eigenvalue weighted by Gasteiger charge is 2.08. The number of carbonyl (C=O) groups excluding carboxylic acids is 1. The second kappa shape index (κ2) is 2.47. The molecule has 0 saturated heterocycles. The summed E-state index contributed by atoms with van der Waals surface area (Å²) >= 11 is 0. The molecule has 0 unspecified atom stereocenters. The number of amides is 1. The fraction of sp³-hybridized carbons (Fsp3) is 0.143. The van der Waals surface area contributed by atoms with Gasteiger partial charge in [0.15, 0.2) is 0 Å². The summed E-state index contributed by atoms with van der Waals surface area (Å²) in [6.07, 6.45) is 4.52. The first-order chi connectivity index (χ1) is 4.74. The molecule has 0 aromatic rings. The molecule has 1 amide bonds. The summed E-state index contributed by atoms with van der Waals surface area (Å²) in [5, 5.41) is 9.79. The third kappa shape index (κ3) is 1.13. The van der Waals surface area contributed by atoms with Crippen LogP contribution in [-0.2, 0) is 4.79 Å². The van der Waals surface area contributed by atoms with Gasteiger partial charge in [-0.15, -0.1) is 0 Å². The van der Waals surface area contributed by atoms with E-state index < -0.39 is 0 Å². The van der Waals surface area contributed by atoms with E-state index in [1.807, 2.05) is 0 Å². The minimum absolute atomic E-state index is 0.163. The highest BCUT2D eigenvalue weighted by atomic mass is 16.1. The number of nitrogens with one attached hydrogen (secondary N) is 2. The van der Waals surface area contributed by atoms with Crippen molar-refractivity contribution in [1.29, 1.82) is 5.41 Å². The van der Waals surface area contributed by atoms with Crippen LogP contribution in [0.15, 0.2) is 23.9 Å². The van der Waals surface area contributed by atoms with Gasteiger partial charge >= 0.3 is 0 Å². The SMILES string of the molecule is C/C=C1/NC(=O)C=CC1=N. The third-order valence-corrected chi connectivity index (χ3v) is 1.24. The van der Waals surface area contributed by atoms with Crippen molar-refractivity contribution in [3.05, 3.63) is 23.9 Å². The largest absolute Gasteiger partial charge is 0.321 e. The average Bonchev–Trinajstić information content (AvgIpc) is 1.94. The zero-order valence-corrected chi connectivity index (χ0v) is 5.64. The van der Waals surface area contributed by atoms with Crippen molar-refractivity contribution < 1.29 is 4.79 Å². The van der Waals surface area contributed by atoms with Crippen molar-refractivity contribution in [2.75, 3.05) is 0 Å². The first-order valence-corrected chi connectivity index (χ1v) is 2.98. The van der Waals surface area contributed by atoms with Gasteiger partial charge in [-0.25, -0.2) is 0 Å². The molecule has 0 aliphatic carbocycles. The van der Waals surface area contributed by atoms with Crippen molar-refractivity contribution >= 4 is 11.6 Å². The summed E-state index contributed by atoms with van der Waals surface area (Å²) in [4.78, 5) is 10.6. The molecule has 0 saturated carbocycles. The molecule has 1 rings (SSSR count). The predicted octanol–water partition coefficient (Wildman–Crippen LogP) is 0.596. The summed E-state index contributed by atoms with van der Waals surface area (Å²) in [6.45, 7) is 1.78. The van der Waals surface area contributed by atoms with Gasteiger partial charge in [-0.3, -0.25) is 10.2 Å². The highest BCUT2D eigenvalue weighted by Crippen LogP contribution is 1.99. The van der Waals surface area contributed by atoms with Gasteiger partial charge in [0, 0.05) is 6.08 Å². The van der Waals surface area contributed by atoms with Crippen LogP contribution < -0.4 is 5.32 Å². The van der Waals surface area contributed by atoms with Crippen molar-refractivity contribution in [3.8, 4) is 0 Å². The van der Waals surface area contributed by atoms with Gasteiger partial charge in [0.2, 0.25) is 5.91 Å². The molecule has 0 radical (unpaired) electrons. The Morgan fingerprint density at radius 1 is 1.60 bits per heavy atom. The van der Waals surface area contributed by atoms with Gasteiger partial charge in [0.1, 0.15) is 0 Å². The number of hydrogen-bond acceptors (Lipinski definition) is 2. The first-order valence-electron chi connectivity index (χ1n) is 2.98. The topological polar surface area (TPSA) is 53.0 Å². The summed E-state index contributed by atoms with van der Waals surface area (Å²) in [5.74, 6) is -0.163. The van der Waals surface area contributed by atoms with Crippen LogP contribution in [0.3, 0.4) is 0 Å². The lowest BCUT2D eigenvalue weighted by molar-refractivity contribution is -0.115. The quantitative estimate of drug-likeness (QED) is 0.503. The molecule has 0 atom stereocenters. The van der Waals surface area contributed by atoms with E-state index in [0.717, 1.165) is 0 Å². The number of rotatable bonds is 0. The lowest BCUT2D eigenvalue weighted by atomic mass is 10.2. The number of allylic oxidation sites excluding steroid dienone is 2.